The second-order valence-electron chi connectivity index (χ2n) is 7.97. The zero-order valence-corrected chi connectivity index (χ0v) is 18.0. The number of nitrogens with zero attached hydrogens (tertiary/aromatic N) is 2. The van der Waals surface area contributed by atoms with E-state index in [1.54, 1.807) is 12.1 Å². The summed E-state index contributed by atoms with van der Waals surface area (Å²) >= 11 is 0. The van der Waals surface area contributed by atoms with Crippen molar-refractivity contribution in [2.24, 2.45) is 0 Å². The number of benzene rings is 3. The van der Waals surface area contributed by atoms with Gasteiger partial charge < -0.3 is 9.47 Å². The molecule has 4 aromatic rings. The maximum atomic E-state index is 13.3. The summed E-state index contributed by atoms with van der Waals surface area (Å²) in [6.45, 7) is 1.73. The summed E-state index contributed by atoms with van der Waals surface area (Å²) in [5.41, 5.74) is 4.35. The van der Waals surface area contributed by atoms with E-state index in [-0.39, 0.29) is 11.7 Å². The zero-order chi connectivity index (χ0) is 22.2. The minimum atomic E-state index is -0.237. The lowest BCUT2D eigenvalue weighted by Gasteiger charge is -2.24. The van der Waals surface area contributed by atoms with Crippen LogP contribution in [0.15, 0.2) is 103 Å². The van der Waals surface area contributed by atoms with Crippen molar-refractivity contribution >= 4 is 5.91 Å². The van der Waals surface area contributed by atoms with Crippen molar-refractivity contribution in [2.45, 2.75) is 32.5 Å². The SMILES string of the molecule is O=C(CCc1ccccc1)N(Cc1ccccc1)Cc1cccn1Cc1ccc(F)cc1. The van der Waals surface area contributed by atoms with Crippen molar-refractivity contribution in [1.82, 2.24) is 9.47 Å². The van der Waals surface area contributed by atoms with Gasteiger partial charge in [0.05, 0.1) is 6.54 Å². The summed E-state index contributed by atoms with van der Waals surface area (Å²) in [5, 5.41) is 0. The molecule has 3 aromatic carbocycles. The third-order valence-corrected chi connectivity index (χ3v) is 5.58. The molecule has 162 valence electrons. The first kappa shape index (κ1) is 21.6. The molecule has 0 saturated heterocycles. The van der Waals surface area contributed by atoms with Gasteiger partial charge in [0.25, 0.3) is 0 Å². The largest absolute Gasteiger partial charge is 0.345 e. The van der Waals surface area contributed by atoms with Crippen LogP contribution in [0.5, 0.6) is 0 Å². The topological polar surface area (TPSA) is 25.2 Å². The molecule has 0 aliphatic carbocycles. The fourth-order valence-corrected chi connectivity index (χ4v) is 3.82. The lowest BCUT2D eigenvalue weighted by Crippen LogP contribution is -2.31. The molecule has 1 aromatic heterocycles. The molecule has 0 radical (unpaired) electrons. The number of carbonyl (C=O) groups is 1. The Morgan fingerprint density at radius 2 is 1.38 bits per heavy atom. The van der Waals surface area contributed by atoms with Crippen molar-refractivity contribution in [2.75, 3.05) is 0 Å². The van der Waals surface area contributed by atoms with Gasteiger partial charge in [-0.3, -0.25) is 4.79 Å². The van der Waals surface area contributed by atoms with Gasteiger partial charge in [0, 0.05) is 31.4 Å². The Morgan fingerprint density at radius 1 is 0.719 bits per heavy atom. The van der Waals surface area contributed by atoms with Crippen LogP contribution in [0.2, 0.25) is 0 Å². The molecule has 0 unspecified atom stereocenters. The van der Waals surface area contributed by atoms with Gasteiger partial charge in [0.2, 0.25) is 5.91 Å². The second-order valence-corrected chi connectivity index (χ2v) is 7.97. The predicted octanol–water partition coefficient (Wildman–Crippen LogP) is 5.84. The average molecular weight is 427 g/mol. The minimum Gasteiger partial charge on any atom is -0.345 e. The van der Waals surface area contributed by atoms with Crippen LogP contribution < -0.4 is 0 Å². The normalized spacial score (nSPS) is 10.8. The molecule has 4 rings (SSSR count). The highest BCUT2D eigenvalue weighted by Crippen LogP contribution is 2.16. The van der Waals surface area contributed by atoms with E-state index in [4.69, 9.17) is 0 Å². The third kappa shape index (κ3) is 5.94. The minimum absolute atomic E-state index is 0.132. The van der Waals surface area contributed by atoms with Gasteiger partial charge in [-0.25, -0.2) is 4.39 Å². The van der Waals surface area contributed by atoms with E-state index in [1.165, 1.54) is 17.7 Å². The molecular formula is C28H27FN2O. The van der Waals surface area contributed by atoms with Crippen LogP contribution in [0.4, 0.5) is 4.39 Å². The van der Waals surface area contributed by atoms with E-state index < -0.39 is 0 Å². The van der Waals surface area contributed by atoms with Gasteiger partial charge in [0.15, 0.2) is 0 Å². The molecule has 0 bridgehead atoms. The highest BCUT2D eigenvalue weighted by atomic mass is 19.1. The zero-order valence-electron chi connectivity index (χ0n) is 18.0. The van der Waals surface area contributed by atoms with Gasteiger partial charge >= 0.3 is 0 Å². The van der Waals surface area contributed by atoms with Crippen LogP contribution in [0.1, 0.15) is 28.8 Å². The van der Waals surface area contributed by atoms with Crippen molar-refractivity contribution in [3.8, 4) is 0 Å². The summed E-state index contributed by atoms with van der Waals surface area (Å²) in [4.78, 5) is 15.2. The van der Waals surface area contributed by atoms with Gasteiger partial charge in [0.1, 0.15) is 5.82 Å². The smallest absolute Gasteiger partial charge is 0.223 e. The lowest BCUT2D eigenvalue weighted by molar-refractivity contribution is -0.132. The van der Waals surface area contributed by atoms with E-state index in [1.807, 2.05) is 59.6 Å². The van der Waals surface area contributed by atoms with E-state index in [0.29, 0.717) is 26.1 Å². The molecule has 0 fully saturated rings. The molecule has 0 aliphatic rings. The van der Waals surface area contributed by atoms with E-state index in [0.717, 1.165) is 23.2 Å². The van der Waals surface area contributed by atoms with E-state index in [9.17, 15) is 9.18 Å². The monoisotopic (exact) mass is 426 g/mol. The molecule has 1 heterocycles. The summed E-state index contributed by atoms with van der Waals surface area (Å²) in [7, 11) is 0. The number of halogens is 1. The highest BCUT2D eigenvalue weighted by Gasteiger charge is 2.16. The van der Waals surface area contributed by atoms with Crippen LogP contribution in [-0.4, -0.2) is 15.4 Å². The molecule has 0 saturated carbocycles. The fourth-order valence-electron chi connectivity index (χ4n) is 3.82. The van der Waals surface area contributed by atoms with Crippen molar-refractivity contribution in [1.29, 1.82) is 0 Å². The first-order valence-corrected chi connectivity index (χ1v) is 10.9. The number of hydrogen-bond donors (Lipinski definition) is 0. The number of rotatable bonds is 9. The predicted molar refractivity (Wildman–Crippen MR) is 125 cm³/mol. The first-order valence-electron chi connectivity index (χ1n) is 10.9. The maximum Gasteiger partial charge on any atom is 0.223 e. The molecule has 32 heavy (non-hydrogen) atoms. The van der Waals surface area contributed by atoms with Gasteiger partial charge in [-0.05, 0) is 47.4 Å². The molecule has 0 atom stereocenters. The Hall–Kier alpha value is -3.66. The highest BCUT2D eigenvalue weighted by molar-refractivity contribution is 5.76. The van der Waals surface area contributed by atoms with Crippen LogP contribution >= 0.6 is 0 Å². The van der Waals surface area contributed by atoms with Gasteiger partial charge in [-0.2, -0.15) is 0 Å². The molecule has 0 N–H and O–H groups in total. The Morgan fingerprint density at radius 3 is 2.06 bits per heavy atom. The average Bonchev–Trinajstić information content (AvgIpc) is 3.26. The number of amides is 1. The van der Waals surface area contributed by atoms with Crippen LogP contribution in [0, 0.1) is 5.82 Å². The lowest BCUT2D eigenvalue weighted by atomic mass is 10.1. The molecule has 4 heteroatoms. The van der Waals surface area contributed by atoms with Crippen LogP contribution in [-0.2, 0) is 30.8 Å². The summed E-state index contributed by atoms with van der Waals surface area (Å²) in [6.07, 6.45) is 3.20. The summed E-state index contributed by atoms with van der Waals surface area (Å²) in [6, 6.07) is 30.8. The number of aromatic nitrogens is 1. The quantitative estimate of drug-likeness (QED) is 0.330. The van der Waals surface area contributed by atoms with Crippen molar-refractivity contribution in [3.63, 3.8) is 0 Å². The molecule has 1 amide bonds. The van der Waals surface area contributed by atoms with Gasteiger partial charge in [-0.1, -0.05) is 72.8 Å². The second kappa shape index (κ2) is 10.6. The molecule has 0 spiro atoms. The van der Waals surface area contributed by atoms with E-state index >= 15 is 0 Å². The molecule has 0 aliphatic heterocycles. The Kier molecular flexibility index (Phi) is 7.13. The number of hydrogen-bond acceptors (Lipinski definition) is 1. The van der Waals surface area contributed by atoms with Crippen molar-refractivity contribution in [3.05, 3.63) is 131 Å². The Labute approximate surface area is 188 Å². The Balaban J connectivity index is 1.49. The fraction of sp³-hybridized carbons (Fsp3) is 0.179. The third-order valence-electron chi connectivity index (χ3n) is 5.58. The number of aryl methyl sites for hydroxylation is 1. The van der Waals surface area contributed by atoms with Crippen LogP contribution in [0.3, 0.4) is 0 Å². The van der Waals surface area contributed by atoms with Gasteiger partial charge in [-0.15, -0.1) is 0 Å². The maximum absolute atomic E-state index is 13.3. The molecule has 3 nitrogen and oxygen atoms in total. The van der Waals surface area contributed by atoms with Crippen LogP contribution in [0.25, 0.3) is 0 Å². The first-order chi connectivity index (χ1) is 15.7. The molecular weight excluding hydrogens is 399 g/mol. The summed E-state index contributed by atoms with van der Waals surface area (Å²) in [5.74, 6) is -0.105. The standard InChI is InChI=1S/C28H27FN2O/c29-26-16-13-25(14-17-26)20-30-19-7-12-27(30)22-31(21-24-10-5-2-6-11-24)28(32)18-15-23-8-3-1-4-9-23/h1-14,16-17,19H,15,18,20-22H2. The summed E-state index contributed by atoms with van der Waals surface area (Å²) < 4.78 is 15.4. The van der Waals surface area contributed by atoms with E-state index in [2.05, 4.69) is 28.8 Å². The number of carbonyl (C=O) groups excluding carboxylic acids is 1. The van der Waals surface area contributed by atoms with Crippen molar-refractivity contribution < 1.29 is 9.18 Å². The Bertz CT molecular complexity index is 1120.